The van der Waals surface area contributed by atoms with Crippen LogP contribution in [0.1, 0.15) is 16.1 Å². The van der Waals surface area contributed by atoms with Gasteiger partial charge in [0.05, 0.1) is 11.3 Å². The van der Waals surface area contributed by atoms with E-state index in [-0.39, 0.29) is 36.3 Å². The minimum absolute atomic E-state index is 0.206. The summed E-state index contributed by atoms with van der Waals surface area (Å²) in [4.78, 5) is 27.5. The molecular weight excluding hydrogens is 508 g/mol. The molecule has 1 amide bonds. The Morgan fingerprint density at radius 3 is 2.51 bits per heavy atom. The Labute approximate surface area is 211 Å². The van der Waals surface area contributed by atoms with Crippen molar-refractivity contribution in [3.8, 4) is 11.5 Å². The van der Waals surface area contributed by atoms with Gasteiger partial charge in [0.2, 0.25) is 0 Å². The molecular formula is C23H21ClN6O3S2. The highest BCUT2D eigenvalue weighted by molar-refractivity contribution is 7.91. The Balaban J connectivity index is 1.26. The van der Waals surface area contributed by atoms with Gasteiger partial charge in [-0.2, -0.15) is 4.31 Å². The van der Waals surface area contributed by atoms with Gasteiger partial charge < -0.3 is 10.6 Å². The van der Waals surface area contributed by atoms with Crippen LogP contribution in [-0.4, -0.2) is 64.7 Å². The third-order valence-corrected chi connectivity index (χ3v) is 9.40. The molecule has 0 bridgehead atoms. The molecule has 0 atom stereocenters. The number of thiophene rings is 1. The van der Waals surface area contributed by atoms with Crippen molar-refractivity contribution in [1.29, 1.82) is 0 Å². The number of carbonyl (C=O) groups is 1. The molecule has 5 rings (SSSR count). The molecule has 1 saturated heterocycles. The first-order valence-corrected chi connectivity index (χ1v) is 13.5. The van der Waals surface area contributed by atoms with Crippen molar-refractivity contribution in [1.82, 2.24) is 24.2 Å². The fourth-order valence-electron chi connectivity index (χ4n) is 3.84. The second kappa shape index (κ2) is 9.59. The molecule has 0 unspecified atom stereocenters. The molecule has 35 heavy (non-hydrogen) atoms. The topological polar surface area (TPSA) is 122 Å². The molecule has 1 aliphatic rings. The van der Waals surface area contributed by atoms with Crippen LogP contribution in [-0.2, 0) is 16.6 Å². The first-order valence-electron chi connectivity index (χ1n) is 10.8. The lowest BCUT2D eigenvalue weighted by atomic mass is 10.2. The SMILES string of the molecule is NCc1cccc(-c2ncc(C(=O)N3CCN(S(=O)(=O)c4cc5ccc(Cl)cc5s4)CC3)cn2)n1. The number of fused-ring (bicyclic) bond motifs is 1. The number of benzene rings is 1. The molecule has 0 spiro atoms. The van der Waals surface area contributed by atoms with Crippen molar-refractivity contribution in [3.05, 3.63) is 71.1 Å². The summed E-state index contributed by atoms with van der Waals surface area (Å²) in [5.41, 5.74) is 7.27. The van der Waals surface area contributed by atoms with E-state index >= 15 is 0 Å². The van der Waals surface area contributed by atoms with Crippen LogP contribution in [0.3, 0.4) is 0 Å². The van der Waals surface area contributed by atoms with Crippen LogP contribution in [0.2, 0.25) is 5.02 Å². The number of piperazine rings is 1. The van der Waals surface area contributed by atoms with Gasteiger partial charge in [0.1, 0.15) is 9.90 Å². The van der Waals surface area contributed by atoms with E-state index in [1.807, 2.05) is 18.2 Å². The highest BCUT2D eigenvalue weighted by Crippen LogP contribution is 2.33. The molecule has 12 heteroatoms. The van der Waals surface area contributed by atoms with Gasteiger partial charge in [0.25, 0.3) is 15.9 Å². The normalized spacial score (nSPS) is 15.0. The molecule has 2 N–H and O–H groups in total. The molecule has 1 fully saturated rings. The van der Waals surface area contributed by atoms with E-state index in [9.17, 15) is 13.2 Å². The van der Waals surface area contributed by atoms with Crippen molar-refractivity contribution in [2.24, 2.45) is 5.73 Å². The zero-order chi connectivity index (χ0) is 24.6. The molecule has 9 nitrogen and oxygen atoms in total. The van der Waals surface area contributed by atoms with Crippen LogP contribution in [0.5, 0.6) is 0 Å². The Hall–Kier alpha value is -2.96. The second-order valence-electron chi connectivity index (χ2n) is 7.96. The lowest BCUT2D eigenvalue weighted by molar-refractivity contribution is 0.0697. The van der Waals surface area contributed by atoms with E-state index in [4.69, 9.17) is 17.3 Å². The van der Waals surface area contributed by atoms with Gasteiger partial charge in [0.15, 0.2) is 5.82 Å². The van der Waals surface area contributed by atoms with E-state index in [1.54, 1.807) is 29.2 Å². The molecule has 1 aromatic carbocycles. The number of amides is 1. The standard InChI is InChI=1S/C23H21ClN6O3S2/c24-17-5-4-15-10-21(34-20(15)11-17)35(32,33)30-8-6-29(7-9-30)23(31)16-13-26-22(27-14-16)19-3-1-2-18(12-25)28-19/h1-5,10-11,13-14H,6-9,12,25H2. The lowest BCUT2D eigenvalue weighted by Gasteiger charge is -2.33. The van der Waals surface area contributed by atoms with Crippen molar-refractivity contribution in [3.63, 3.8) is 0 Å². The number of rotatable bonds is 5. The fraction of sp³-hybridized carbons (Fsp3) is 0.217. The summed E-state index contributed by atoms with van der Waals surface area (Å²) >= 11 is 7.23. The summed E-state index contributed by atoms with van der Waals surface area (Å²) < 4.78 is 28.8. The highest BCUT2D eigenvalue weighted by Gasteiger charge is 2.32. The number of nitrogens with two attached hydrogens (primary N) is 1. The van der Waals surface area contributed by atoms with Gasteiger partial charge in [-0.15, -0.1) is 11.3 Å². The summed E-state index contributed by atoms with van der Waals surface area (Å²) in [7, 11) is -3.66. The molecule has 4 aromatic rings. The number of halogens is 1. The monoisotopic (exact) mass is 528 g/mol. The van der Waals surface area contributed by atoms with Crippen LogP contribution in [0, 0.1) is 0 Å². The van der Waals surface area contributed by atoms with Gasteiger partial charge in [-0.1, -0.05) is 23.7 Å². The van der Waals surface area contributed by atoms with Crippen molar-refractivity contribution < 1.29 is 13.2 Å². The predicted molar refractivity (Wildman–Crippen MR) is 135 cm³/mol. The quantitative estimate of drug-likeness (QED) is 0.422. The Morgan fingerprint density at radius 1 is 1.06 bits per heavy atom. The van der Waals surface area contributed by atoms with Crippen molar-refractivity contribution in [2.45, 2.75) is 10.8 Å². The maximum Gasteiger partial charge on any atom is 0.257 e. The van der Waals surface area contributed by atoms with Crippen molar-refractivity contribution >= 4 is 49.0 Å². The average Bonchev–Trinajstić information content (AvgIpc) is 3.33. The number of nitrogens with zero attached hydrogens (tertiary/aromatic N) is 5. The smallest absolute Gasteiger partial charge is 0.257 e. The summed E-state index contributed by atoms with van der Waals surface area (Å²) in [6, 6.07) is 12.4. The maximum absolute atomic E-state index is 13.2. The summed E-state index contributed by atoms with van der Waals surface area (Å²) in [5.74, 6) is 0.158. The molecule has 180 valence electrons. The summed E-state index contributed by atoms with van der Waals surface area (Å²) in [6.45, 7) is 1.27. The largest absolute Gasteiger partial charge is 0.336 e. The highest BCUT2D eigenvalue weighted by atomic mass is 35.5. The lowest BCUT2D eigenvalue weighted by Crippen LogP contribution is -2.50. The first-order chi connectivity index (χ1) is 16.8. The number of hydrogen-bond acceptors (Lipinski definition) is 8. The van der Waals surface area contributed by atoms with Crippen molar-refractivity contribution in [2.75, 3.05) is 26.2 Å². The molecule has 3 aromatic heterocycles. The Morgan fingerprint density at radius 2 is 1.80 bits per heavy atom. The third-order valence-electron chi connectivity index (χ3n) is 5.72. The Bertz CT molecular complexity index is 1500. The minimum Gasteiger partial charge on any atom is -0.336 e. The number of carbonyl (C=O) groups excluding carboxylic acids is 1. The molecule has 0 aliphatic carbocycles. The van der Waals surface area contributed by atoms with Gasteiger partial charge in [-0.05, 0) is 35.7 Å². The molecule has 0 saturated carbocycles. The van der Waals surface area contributed by atoms with E-state index in [1.165, 1.54) is 28.0 Å². The van der Waals surface area contributed by atoms with Gasteiger partial charge in [0, 0.05) is 54.8 Å². The number of hydrogen-bond donors (Lipinski definition) is 1. The van der Waals surface area contributed by atoms with Crippen LogP contribution >= 0.6 is 22.9 Å². The maximum atomic E-state index is 13.2. The van der Waals surface area contributed by atoms with Gasteiger partial charge in [-0.25, -0.2) is 23.4 Å². The third kappa shape index (κ3) is 4.78. The average molecular weight is 529 g/mol. The van der Waals surface area contributed by atoms with Gasteiger partial charge in [-0.3, -0.25) is 4.79 Å². The van der Waals surface area contributed by atoms with Gasteiger partial charge >= 0.3 is 0 Å². The Kier molecular flexibility index (Phi) is 6.51. The van der Waals surface area contributed by atoms with E-state index in [0.29, 0.717) is 28.6 Å². The second-order valence-corrected chi connectivity index (χ2v) is 11.6. The van der Waals surface area contributed by atoms with E-state index in [2.05, 4.69) is 15.0 Å². The summed E-state index contributed by atoms with van der Waals surface area (Å²) in [6.07, 6.45) is 2.93. The molecule has 4 heterocycles. The zero-order valence-corrected chi connectivity index (χ0v) is 20.9. The predicted octanol–water partition coefficient (Wildman–Crippen LogP) is 3.01. The number of aromatic nitrogens is 3. The molecule has 0 radical (unpaired) electrons. The number of sulfonamides is 1. The first kappa shape index (κ1) is 23.8. The molecule has 1 aliphatic heterocycles. The fourth-order valence-corrected chi connectivity index (χ4v) is 7.09. The van der Waals surface area contributed by atoms with Crippen LogP contribution < -0.4 is 5.73 Å². The van der Waals surface area contributed by atoms with E-state index < -0.39 is 10.0 Å². The van der Waals surface area contributed by atoms with Crippen LogP contribution in [0.25, 0.3) is 21.6 Å². The van der Waals surface area contributed by atoms with Crippen LogP contribution in [0.4, 0.5) is 0 Å². The summed E-state index contributed by atoms with van der Waals surface area (Å²) in [5, 5.41) is 1.40. The zero-order valence-electron chi connectivity index (χ0n) is 18.5. The van der Waals surface area contributed by atoms with E-state index in [0.717, 1.165) is 15.8 Å². The van der Waals surface area contributed by atoms with Crippen LogP contribution in [0.15, 0.2) is 59.1 Å². The number of pyridine rings is 1. The minimum atomic E-state index is -3.66.